The van der Waals surface area contributed by atoms with Crippen LogP contribution in [0.4, 0.5) is 5.13 Å². The summed E-state index contributed by atoms with van der Waals surface area (Å²) in [6, 6.07) is 6.62. The fraction of sp³-hybridized carbons (Fsp3) is 0.0833. The maximum Gasteiger partial charge on any atom is 0.329 e. The molecule has 1 aromatic carbocycles. The number of H-pyrrole nitrogens is 1. The highest BCUT2D eigenvalue weighted by molar-refractivity contribution is 7.13. The van der Waals surface area contributed by atoms with Crippen molar-refractivity contribution in [2.24, 2.45) is 0 Å². The second-order valence-electron chi connectivity index (χ2n) is 4.16. The van der Waals surface area contributed by atoms with Crippen molar-refractivity contribution in [3.63, 3.8) is 0 Å². The normalized spacial score (nSPS) is 10.7. The summed E-state index contributed by atoms with van der Waals surface area (Å²) in [6.07, 6.45) is 0. The molecule has 0 saturated carbocycles. The molecular formula is C12H9N5O3S. The van der Waals surface area contributed by atoms with Crippen LogP contribution in [-0.4, -0.2) is 25.7 Å². The van der Waals surface area contributed by atoms with Crippen LogP contribution in [0.25, 0.3) is 10.9 Å². The van der Waals surface area contributed by atoms with Gasteiger partial charge in [-0.05, 0) is 12.1 Å². The molecule has 0 aliphatic heterocycles. The number of anilines is 1. The molecule has 0 aliphatic rings. The summed E-state index contributed by atoms with van der Waals surface area (Å²) in [4.78, 5) is 38.5. The Morgan fingerprint density at radius 2 is 2.14 bits per heavy atom. The molecule has 0 unspecified atom stereocenters. The first-order valence-corrected chi connectivity index (χ1v) is 6.81. The lowest BCUT2D eigenvalue weighted by atomic mass is 10.2. The second kappa shape index (κ2) is 5.29. The quantitative estimate of drug-likeness (QED) is 0.717. The molecule has 2 N–H and O–H groups in total. The summed E-state index contributed by atoms with van der Waals surface area (Å²) in [5.74, 6) is -0.519. The van der Waals surface area contributed by atoms with Gasteiger partial charge in [0, 0.05) is 0 Å². The van der Waals surface area contributed by atoms with Crippen LogP contribution in [0, 0.1) is 0 Å². The van der Waals surface area contributed by atoms with Crippen molar-refractivity contribution >= 4 is 33.3 Å². The lowest BCUT2D eigenvalue weighted by molar-refractivity contribution is -0.116. The van der Waals surface area contributed by atoms with Crippen molar-refractivity contribution < 1.29 is 4.79 Å². The van der Waals surface area contributed by atoms with E-state index in [0.717, 1.165) is 15.9 Å². The number of para-hydroxylation sites is 1. The lowest BCUT2D eigenvalue weighted by Gasteiger charge is -2.05. The van der Waals surface area contributed by atoms with Crippen molar-refractivity contribution in [2.75, 3.05) is 5.32 Å². The smallest absolute Gasteiger partial charge is 0.307 e. The Morgan fingerprint density at radius 1 is 1.33 bits per heavy atom. The Hall–Kier alpha value is -2.81. The molecule has 0 atom stereocenters. The van der Waals surface area contributed by atoms with Gasteiger partial charge in [0.2, 0.25) is 11.0 Å². The van der Waals surface area contributed by atoms with E-state index in [1.165, 1.54) is 5.51 Å². The SMILES string of the molecule is O=C(Cn1c(=O)[nH]c2ccccc2c1=O)Nc1nncs1. The number of benzene rings is 1. The van der Waals surface area contributed by atoms with E-state index in [2.05, 4.69) is 20.5 Å². The average Bonchev–Trinajstić information content (AvgIpc) is 2.96. The molecule has 2 heterocycles. The van der Waals surface area contributed by atoms with E-state index >= 15 is 0 Å². The van der Waals surface area contributed by atoms with Crippen molar-refractivity contribution in [1.29, 1.82) is 0 Å². The number of nitrogens with zero attached hydrogens (tertiary/aromatic N) is 3. The van der Waals surface area contributed by atoms with E-state index in [1.807, 2.05) is 0 Å². The van der Waals surface area contributed by atoms with Crippen LogP contribution in [0.1, 0.15) is 0 Å². The first-order valence-electron chi connectivity index (χ1n) is 5.93. The number of carbonyl (C=O) groups excluding carboxylic acids is 1. The number of nitrogens with one attached hydrogen (secondary N) is 2. The molecule has 0 bridgehead atoms. The molecule has 0 spiro atoms. The number of carbonyl (C=O) groups is 1. The van der Waals surface area contributed by atoms with Crippen molar-refractivity contribution in [3.8, 4) is 0 Å². The number of amides is 1. The predicted octanol–water partition coefficient (Wildman–Crippen LogP) is 0.180. The van der Waals surface area contributed by atoms with Crippen molar-refractivity contribution in [1.82, 2.24) is 19.7 Å². The summed E-state index contributed by atoms with van der Waals surface area (Å²) in [5, 5.41) is 10.4. The molecule has 0 aliphatic carbocycles. The topological polar surface area (TPSA) is 110 Å². The highest BCUT2D eigenvalue weighted by Crippen LogP contribution is 2.07. The molecule has 3 rings (SSSR count). The van der Waals surface area contributed by atoms with Crippen LogP contribution in [0.3, 0.4) is 0 Å². The minimum Gasteiger partial charge on any atom is -0.307 e. The zero-order valence-corrected chi connectivity index (χ0v) is 11.4. The molecular weight excluding hydrogens is 294 g/mol. The molecule has 0 saturated heterocycles. The monoisotopic (exact) mass is 303 g/mol. The van der Waals surface area contributed by atoms with Gasteiger partial charge in [-0.25, -0.2) is 4.79 Å². The van der Waals surface area contributed by atoms with Gasteiger partial charge in [0.25, 0.3) is 5.56 Å². The van der Waals surface area contributed by atoms with Gasteiger partial charge in [-0.15, -0.1) is 10.2 Å². The Bertz CT molecular complexity index is 913. The molecule has 8 nitrogen and oxygen atoms in total. The summed E-state index contributed by atoms with van der Waals surface area (Å²) in [7, 11) is 0. The van der Waals surface area contributed by atoms with Crippen LogP contribution in [0.15, 0.2) is 39.4 Å². The Labute approximate surface area is 121 Å². The van der Waals surface area contributed by atoms with Crippen LogP contribution in [-0.2, 0) is 11.3 Å². The second-order valence-corrected chi connectivity index (χ2v) is 4.99. The van der Waals surface area contributed by atoms with Crippen molar-refractivity contribution in [3.05, 3.63) is 50.6 Å². The molecule has 2 aromatic heterocycles. The summed E-state index contributed by atoms with van der Waals surface area (Å²) in [6.45, 7) is -0.390. The number of aromatic amines is 1. The Balaban J connectivity index is 1.95. The van der Waals surface area contributed by atoms with Crippen molar-refractivity contribution in [2.45, 2.75) is 6.54 Å². The van der Waals surface area contributed by atoms with Crippen LogP contribution >= 0.6 is 11.3 Å². The van der Waals surface area contributed by atoms with Crippen LogP contribution in [0.2, 0.25) is 0 Å². The maximum absolute atomic E-state index is 12.2. The van der Waals surface area contributed by atoms with Crippen LogP contribution < -0.4 is 16.6 Å². The van der Waals surface area contributed by atoms with Gasteiger partial charge >= 0.3 is 5.69 Å². The highest BCUT2D eigenvalue weighted by atomic mass is 32.1. The van der Waals surface area contributed by atoms with E-state index in [9.17, 15) is 14.4 Å². The molecule has 1 amide bonds. The third-order valence-electron chi connectivity index (χ3n) is 2.80. The van der Waals surface area contributed by atoms with Gasteiger partial charge in [0.05, 0.1) is 10.9 Å². The molecule has 3 aromatic rings. The van der Waals surface area contributed by atoms with Gasteiger partial charge in [-0.3, -0.25) is 19.5 Å². The molecule has 21 heavy (non-hydrogen) atoms. The van der Waals surface area contributed by atoms with E-state index in [-0.39, 0.29) is 0 Å². The van der Waals surface area contributed by atoms with E-state index in [1.54, 1.807) is 24.3 Å². The zero-order chi connectivity index (χ0) is 14.8. The summed E-state index contributed by atoms with van der Waals surface area (Å²) >= 11 is 1.15. The third kappa shape index (κ3) is 2.58. The fourth-order valence-electron chi connectivity index (χ4n) is 1.87. The number of hydrogen-bond donors (Lipinski definition) is 2. The van der Waals surface area contributed by atoms with E-state index in [4.69, 9.17) is 0 Å². The minimum absolute atomic E-state index is 0.310. The Morgan fingerprint density at radius 3 is 2.90 bits per heavy atom. The standard InChI is InChI=1S/C12H9N5O3S/c18-9(15-11-16-13-6-21-11)5-17-10(19)7-3-1-2-4-8(7)14-12(17)20/h1-4,6H,5H2,(H,14,20)(H,15,16,18). The summed E-state index contributed by atoms with van der Waals surface area (Å²) in [5.41, 5.74) is 0.756. The highest BCUT2D eigenvalue weighted by Gasteiger charge is 2.12. The van der Waals surface area contributed by atoms with Gasteiger partial charge in [-0.1, -0.05) is 23.5 Å². The number of hydrogen-bond acceptors (Lipinski definition) is 6. The lowest BCUT2D eigenvalue weighted by Crippen LogP contribution is -2.38. The van der Waals surface area contributed by atoms with Gasteiger partial charge in [0.1, 0.15) is 12.1 Å². The fourth-order valence-corrected chi connectivity index (χ4v) is 2.33. The first-order chi connectivity index (χ1) is 10.1. The summed E-state index contributed by atoms with van der Waals surface area (Å²) < 4.78 is 0.846. The zero-order valence-electron chi connectivity index (χ0n) is 10.6. The maximum atomic E-state index is 12.2. The number of aromatic nitrogens is 4. The van der Waals surface area contributed by atoms with Gasteiger partial charge in [0.15, 0.2) is 0 Å². The molecule has 0 radical (unpaired) electrons. The van der Waals surface area contributed by atoms with Gasteiger partial charge < -0.3 is 4.98 Å². The largest absolute Gasteiger partial charge is 0.329 e. The average molecular weight is 303 g/mol. The Kier molecular flexibility index (Phi) is 3.32. The first kappa shape index (κ1) is 13.2. The number of rotatable bonds is 3. The molecule has 0 fully saturated rings. The number of fused-ring (bicyclic) bond motifs is 1. The van der Waals surface area contributed by atoms with Gasteiger partial charge in [-0.2, -0.15) is 0 Å². The predicted molar refractivity (Wildman–Crippen MR) is 77.4 cm³/mol. The molecule has 9 heteroatoms. The van der Waals surface area contributed by atoms with E-state index in [0.29, 0.717) is 16.0 Å². The third-order valence-corrected chi connectivity index (χ3v) is 3.40. The minimum atomic E-state index is -0.633. The molecule has 106 valence electrons. The van der Waals surface area contributed by atoms with E-state index < -0.39 is 23.7 Å². The van der Waals surface area contributed by atoms with Crippen LogP contribution in [0.5, 0.6) is 0 Å².